The molecule has 0 radical (unpaired) electrons. The summed E-state index contributed by atoms with van der Waals surface area (Å²) in [5, 5.41) is 8.06. The van der Waals surface area contributed by atoms with E-state index in [1.165, 1.54) is 0 Å². The number of hydrogen-bond donors (Lipinski definition) is 1. The quantitative estimate of drug-likeness (QED) is 0.484. The second-order valence-corrected chi connectivity index (χ2v) is 1.09. The summed E-state index contributed by atoms with van der Waals surface area (Å²) >= 11 is 0. The summed E-state index contributed by atoms with van der Waals surface area (Å²) in [6.45, 7) is 3.44. The molecule has 0 aliphatic rings. The van der Waals surface area contributed by atoms with Crippen LogP contribution in [0.4, 0.5) is 0 Å². The Morgan fingerprint density at radius 3 is 1.33 bits per heavy atom. The molecule has 0 fully saturated rings. The third kappa shape index (κ3) is 193. The van der Waals surface area contributed by atoms with Gasteiger partial charge in [0.2, 0.25) is 0 Å². The van der Waals surface area contributed by atoms with Crippen LogP contribution in [0.5, 0.6) is 0 Å². The van der Waals surface area contributed by atoms with E-state index in [-0.39, 0.29) is 31.1 Å². The summed E-state index contributed by atoms with van der Waals surface area (Å²) in [7, 11) is 0. The predicted molar refractivity (Wildman–Crippen MR) is 18.0 cm³/mol. The van der Waals surface area contributed by atoms with Crippen molar-refractivity contribution in [1.29, 1.82) is 0 Å². The van der Waals surface area contributed by atoms with Crippen molar-refractivity contribution in [2.45, 2.75) is 20.0 Å². The Morgan fingerprint density at radius 2 is 1.33 bits per heavy atom. The van der Waals surface area contributed by atoms with E-state index in [2.05, 4.69) is 0 Å². The maximum absolute atomic E-state index is 8.06. The van der Waals surface area contributed by atoms with Crippen LogP contribution in [0.15, 0.2) is 0 Å². The summed E-state index contributed by atoms with van der Waals surface area (Å²) in [6.07, 6.45) is -0.167. The molecule has 3 heteroatoms. The van der Waals surface area contributed by atoms with Gasteiger partial charge in [0.25, 0.3) is 0 Å². The van der Waals surface area contributed by atoms with Crippen LogP contribution in [0, 0.1) is 0 Å². The molecule has 34 valence electrons. The third-order valence-corrected chi connectivity index (χ3v) is 0. The fraction of sp³-hybridized carbons (Fsp3) is 1.00. The first-order chi connectivity index (χ1) is 1.73. The molecule has 0 aliphatic heterocycles. The minimum atomic E-state index is -0.167. The average molecular weight is 141 g/mol. The number of hydrogen-bond acceptors (Lipinski definition) is 1. The van der Waals surface area contributed by atoms with Crippen molar-refractivity contribution in [3.8, 4) is 0 Å². The van der Waals surface area contributed by atoms with Crippen molar-refractivity contribution in [2.75, 3.05) is 0 Å². The van der Waals surface area contributed by atoms with Gasteiger partial charge in [0.15, 0.2) is 0 Å². The summed E-state index contributed by atoms with van der Waals surface area (Å²) in [5.41, 5.74) is 0. The van der Waals surface area contributed by atoms with E-state index in [9.17, 15) is 0 Å². The Bertz CT molecular complexity index is 13.5. The zero-order valence-corrected chi connectivity index (χ0v) is 7.11. The predicted octanol–water partition coefficient (Wildman–Crippen LogP) is 0.266. The topological polar surface area (TPSA) is 48.7 Å². The molecule has 0 bridgehead atoms. The van der Waals surface area contributed by atoms with Crippen LogP contribution in [-0.4, -0.2) is 11.2 Å². The van der Waals surface area contributed by atoms with Gasteiger partial charge in [-0.15, -0.1) is 0 Å². The smallest absolute Gasteiger partial charge is 2.00 e. The maximum Gasteiger partial charge on any atom is 2.00 e. The van der Waals surface area contributed by atoms with E-state index in [1.807, 2.05) is 0 Å². The SMILES string of the molecule is CC(C)O.[O-2].[Zn+2]. The monoisotopic (exact) mass is 140 g/mol. The van der Waals surface area contributed by atoms with Crippen LogP contribution in [0.1, 0.15) is 13.8 Å². The summed E-state index contributed by atoms with van der Waals surface area (Å²) in [6, 6.07) is 0. The third-order valence-electron chi connectivity index (χ3n) is 0. The molecule has 6 heavy (non-hydrogen) atoms. The molecule has 0 aromatic rings. The van der Waals surface area contributed by atoms with Gasteiger partial charge in [-0.05, 0) is 13.8 Å². The van der Waals surface area contributed by atoms with E-state index >= 15 is 0 Å². The van der Waals surface area contributed by atoms with Gasteiger partial charge >= 0.3 is 19.5 Å². The first-order valence-electron chi connectivity index (χ1n) is 1.41. The molecule has 0 spiro atoms. The van der Waals surface area contributed by atoms with E-state index in [1.54, 1.807) is 13.8 Å². The summed E-state index contributed by atoms with van der Waals surface area (Å²) in [5.74, 6) is 0. The first kappa shape index (κ1) is 16.0. The number of aliphatic hydroxyl groups excluding tert-OH is 1. The maximum atomic E-state index is 8.06. The fourth-order valence-electron chi connectivity index (χ4n) is 0. The molecule has 1 N–H and O–H groups in total. The van der Waals surface area contributed by atoms with Gasteiger partial charge in [0.1, 0.15) is 0 Å². The van der Waals surface area contributed by atoms with Gasteiger partial charge in [-0.1, -0.05) is 0 Å². The Morgan fingerprint density at radius 1 is 1.33 bits per heavy atom. The normalized spacial score (nSPS) is 6.00. The van der Waals surface area contributed by atoms with Crippen LogP contribution < -0.4 is 0 Å². The number of aliphatic hydroxyl groups is 1. The fourth-order valence-corrected chi connectivity index (χ4v) is 0. The Kier molecular flexibility index (Phi) is 24.3. The molecule has 0 saturated heterocycles. The van der Waals surface area contributed by atoms with Gasteiger partial charge in [0, 0.05) is 6.10 Å². The minimum absolute atomic E-state index is 0. The van der Waals surface area contributed by atoms with Gasteiger partial charge < -0.3 is 10.6 Å². The first-order valence-corrected chi connectivity index (χ1v) is 1.41. The molecule has 0 heterocycles. The van der Waals surface area contributed by atoms with Gasteiger partial charge in [-0.2, -0.15) is 0 Å². The second-order valence-electron chi connectivity index (χ2n) is 1.09. The molecule has 0 aromatic carbocycles. The van der Waals surface area contributed by atoms with Crippen molar-refractivity contribution in [1.82, 2.24) is 0 Å². The zero-order valence-electron chi connectivity index (χ0n) is 4.14. The van der Waals surface area contributed by atoms with Gasteiger partial charge in [-0.25, -0.2) is 0 Å². The van der Waals surface area contributed by atoms with E-state index in [0.29, 0.717) is 0 Å². The van der Waals surface area contributed by atoms with Crippen molar-refractivity contribution in [2.24, 2.45) is 0 Å². The summed E-state index contributed by atoms with van der Waals surface area (Å²) < 4.78 is 0. The van der Waals surface area contributed by atoms with Gasteiger partial charge in [-0.3, -0.25) is 0 Å². The molecule has 0 saturated carbocycles. The van der Waals surface area contributed by atoms with Crippen LogP contribution >= 0.6 is 0 Å². The van der Waals surface area contributed by atoms with Crippen LogP contribution in [0.2, 0.25) is 0 Å². The van der Waals surface area contributed by atoms with Crippen molar-refractivity contribution < 1.29 is 30.1 Å². The molecule has 0 amide bonds. The molecule has 0 atom stereocenters. The molecular formula is C3H8O2Zn. The molecule has 0 rings (SSSR count). The minimum Gasteiger partial charge on any atom is -2.00 e. The van der Waals surface area contributed by atoms with Crippen LogP contribution in [-0.2, 0) is 25.0 Å². The molecule has 0 aliphatic carbocycles. The second kappa shape index (κ2) is 9.11. The molecule has 0 aromatic heterocycles. The Hall–Kier alpha value is 0.543. The molecular weight excluding hydrogens is 133 g/mol. The Labute approximate surface area is 50.6 Å². The molecule has 2 nitrogen and oxygen atoms in total. The van der Waals surface area contributed by atoms with E-state index in [0.717, 1.165) is 0 Å². The van der Waals surface area contributed by atoms with Gasteiger partial charge in [0.05, 0.1) is 0 Å². The average Bonchev–Trinajstić information content (AvgIpc) is 0.811. The van der Waals surface area contributed by atoms with E-state index < -0.39 is 0 Å². The van der Waals surface area contributed by atoms with Crippen molar-refractivity contribution in [3.05, 3.63) is 0 Å². The van der Waals surface area contributed by atoms with Crippen LogP contribution in [0.3, 0.4) is 0 Å². The molecule has 0 unspecified atom stereocenters. The zero-order chi connectivity index (χ0) is 3.58. The van der Waals surface area contributed by atoms with Crippen molar-refractivity contribution in [3.63, 3.8) is 0 Å². The largest absolute Gasteiger partial charge is 2.00 e. The van der Waals surface area contributed by atoms with E-state index in [4.69, 9.17) is 5.11 Å². The van der Waals surface area contributed by atoms with Crippen molar-refractivity contribution >= 4 is 0 Å². The standard InChI is InChI=1S/C3H8O.O.Zn/c1-3(2)4;;/h3-4H,1-2H3;;/q;-2;+2. The Balaban J connectivity index is -0.0000000450. The number of rotatable bonds is 0. The summed E-state index contributed by atoms with van der Waals surface area (Å²) in [4.78, 5) is 0. The van der Waals surface area contributed by atoms with Crippen LogP contribution in [0.25, 0.3) is 0 Å².